The van der Waals surface area contributed by atoms with E-state index in [1.165, 1.54) is 31.2 Å². The van der Waals surface area contributed by atoms with E-state index in [9.17, 15) is 18.3 Å². The molecule has 0 heterocycles. The fourth-order valence-electron chi connectivity index (χ4n) is 2.11. The molecule has 5 nitrogen and oxygen atoms in total. The van der Waals surface area contributed by atoms with Crippen LogP contribution in [-0.2, 0) is 14.8 Å². The van der Waals surface area contributed by atoms with E-state index in [4.69, 9.17) is 58.0 Å². The molecule has 2 rings (SSSR count). The summed E-state index contributed by atoms with van der Waals surface area (Å²) in [7, 11) is -4.45. The highest BCUT2D eigenvalue weighted by Gasteiger charge is 2.36. The minimum atomic E-state index is -4.45. The number of hydrogen-bond donors (Lipinski definition) is 1. The number of aliphatic carboxylic acids is 1. The molecule has 0 bridgehead atoms. The van der Waals surface area contributed by atoms with Gasteiger partial charge in [-0.05, 0) is 37.3 Å². The molecule has 11 heteroatoms. The van der Waals surface area contributed by atoms with Gasteiger partial charge in [0.25, 0.3) is 10.0 Å². The van der Waals surface area contributed by atoms with Crippen LogP contribution in [-0.4, -0.2) is 25.5 Å². The second-order valence-electron chi connectivity index (χ2n) is 5.11. The highest BCUT2D eigenvalue weighted by Crippen LogP contribution is 2.39. The molecule has 1 atom stereocenters. The number of sulfonamides is 1. The molecule has 0 saturated carbocycles. The lowest BCUT2D eigenvalue weighted by atomic mass is 10.2. The number of nitrogens with zero attached hydrogens (tertiary/aromatic N) is 1. The Labute approximate surface area is 175 Å². The quantitative estimate of drug-likeness (QED) is 0.567. The summed E-state index contributed by atoms with van der Waals surface area (Å²) in [5.74, 6) is -1.41. The summed E-state index contributed by atoms with van der Waals surface area (Å²) in [6, 6.07) is 4.67. The lowest BCUT2D eigenvalue weighted by molar-refractivity contribution is -0.137. The minimum Gasteiger partial charge on any atom is -0.480 e. The molecular formula is C15H10Cl5NO4S. The van der Waals surface area contributed by atoms with Gasteiger partial charge in [-0.15, -0.1) is 0 Å². The summed E-state index contributed by atoms with van der Waals surface area (Å²) in [6.45, 7) is 1.18. The van der Waals surface area contributed by atoms with E-state index in [1.54, 1.807) is 0 Å². The molecule has 0 aliphatic rings. The van der Waals surface area contributed by atoms with E-state index >= 15 is 0 Å². The number of hydrogen-bond acceptors (Lipinski definition) is 3. The zero-order valence-corrected chi connectivity index (χ0v) is 17.5. The molecule has 0 aliphatic heterocycles. The molecule has 1 N–H and O–H groups in total. The number of anilines is 1. The maximum Gasteiger partial charge on any atom is 0.327 e. The largest absolute Gasteiger partial charge is 0.480 e. The maximum atomic E-state index is 13.2. The molecule has 140 valence electrons. The SMILES string of the molecule is CC(C(=O)O)N(c1cc(Cl)c(Cl)cc1Cl)S(=O)(=O)c1cc(Cl)ccc1Cl. The average molecular weight is 478 g/mol. The summed E-state index contributed by atoms with van der Waals surface area (Å²) in [5, 5.41) is 9.35. The van der Waals surface area contributed by atoms with E-state index in [1.807, 2.05) is 0 Å². The number of carbonyl (C=O) groups is 1. The van der Waals surface area contributed by atoms with Crippen molar-refractivity contribution in [1.82, 2.24) is 0 Å². The van der Waals surface area contributed by atoms with Gasteiger partial charge in [0.2, 0.25) is 0 Å². The number of carboxylic acid groups (broad SMARTS) is 1. The van der Waals surface area contributed by atoms with Gasteiger partial charge in [-0.2, -0.15) is 0 Å². The Morgan fingerprint density at radius 2 is 1.54 bits per heavy atom. The van der Waals surface area contributed by atoms with Crippen molar-refractivity contribution in [3.63, 3.8) is 0 Å². The Kier molecular flexibility index (Phi) is 6.59. The molecule has 0 amide bonds. The van der Waals surface area contributed by atoms with E-state index in [2.05, 4.69) is 0 Å². The first kappa shape index (κ1) is 21.4. The first-order valence-electron chi connectivity index (χ1n) is 6.83. The molecule has 0 saturated heterocycles. The zero-order chi connectivity index (χ0) is 19.8. The predicted molar refractivity (Wildman–Crippen MR) is 105 cm³/mol. The van der Waals surface area contributed by atoms with Crippen LogP contribution in [0, 0.1) is 0 Å². The summed E-state index contributed by atoms with van der Waals surface area (Å²) in [6.07, 6.45) is 0. The van der Waals surface area contributed by atoms with Crippen molar-refractivity contribution in [1.29, 1.82) is 0 Å². The first-order valence-corrected chi connectivity index (χ1v) is 10.2. The van der Waals surface area contributed by atoms with Crippen LogP contribution in [0.1, 0.15) is 6.92 Å². The molecule has 26 heavy (non-hydrogen) atoms. The normalized spacial score (nSPS) is 12.7. The Balaban J connectivity index is 2.80. The lowest BCUT2D eigenvalue weighted by Crippen LogP contribution is -2.43. The molecule has 1 unspecified atom stereocenters. The highest BCUT2D eigenvalue weighted by atomic mass is 35.5. The fourth-order valence-corrected chi connectivity index (χ4v) is 5.16. The molecule has 0 spiro atoms. The van der Waals surface area contributed by atoms with Crippen molar-refractivity contribution in [3.05, 3.63) is 55.4 Å². The van der Waals surface area contributed by atoms with Crippen molar-refractivity contribution in [2.75, 3.05) is 4.31 Å². The predicted octanol–water partition coefficient (Wildman–Crippen LogP) is 5.62. The van der Waals surface area contributed by atoms with Crippen molar-refractivity contribution in [2.24, 2.45) is 0 Å². The van der Waals surface area contributed by atoms with Crippen LogP contribution < -0.4 is 4.31 Å². The summed E-state index contributed by atoms with van der Waals surface area (Å²) < 4.78 is 27.0. The smallest absolute Gasteiger partial charge is 0.327 e. The van der Waals surface area contributed by atoms with Crippen LogP contribution in [0.25, 0.3) is 0 Å². The highest BCUT2D eigenvalue weighted by molar-refractivity contribution is 7.93. The van der Waals surface area contributed by atoms with Gasteiger partial charge in [-0.25, -0.2) is 13.2 Å². The zero-order valence-electron chi connectivity index (χ0n) is 12.9. The number of benzene rings is 2. The Bertz CT molecular complexity index is 980. The van der Waals surface area contributed by atoms with Crippen molar-refractivity contribution >= 4 is 79.7 Å². The minimum absolute atomic E-state index is 0.000969. The monoisotopic (exact) mass is 475 g/mol. The van der Waals surface area contributed by atoms with Crippen LogP contribution >= 0.6 is 58.0 Å². The van der Waals surface area contributed by atoms with Gasteiger partial charge in [0.05, 0.1) is 25.8 Å². The molecule has 0 radical (unpaired) electrons. The van der Waals surface area contributed by atoms with Crippen LogP contribution in [0.15, 0.2) is 35.2 Å². The fraction of sp³-hybridized carbons (Fsp3) is 0.133. The van der Waals surface area contributed by atoms with Crippen LogP contribution in [0.2, 0.25) is 25.1 Å². The van der Waals surface area contributed by atoms with Gasteiger partial charge in [-0.1, -0.05) is 58.0 Å². The maximum absolute atomic E-state index is 13.2. The third-order valence-electron chi connectivity index (χ3n) is 3.37. The molecule has 2 aromatic carbocycles. The van der Waals surface area contributed by atoms with Crippen LogP contribution in [0.3, 0.4) is 0 Å². The Morgan fingerprint density at radius 3 is 2.12 bits per heavy atom. The number of rotatable bonds is 5. The molecule has 2 aromatic rings. The van der Waals surface area contributed by atoms with Crippen molar-refractivity contribution in [3.8, 4) is 0 Å². The standard InChI is InChI=1S/C15H10Cl5NO4S/c1-7(15(22)23)21(13-6-11(19)10(18)5-12(13)20)26(24,25)14-4-8(16)2-3-9(14)17/h2-7H,1H3,(H,22,23). The van der Waals surface area contributed by atoms with E-state index in [0.29, 0.717) is 4.31 Å². The van der Waals surface area contributed by atoms with Gasteiger partial charge < -0.3 is 5.11 Å². The second kappa shape index (κ2) is 8.00. The van der Waals surface area contributed by atoms with Gasteiger partial charge >= 0.3 is 5.97 Å². The second-order valence-corrected chi connectivity index (χ2v) is 8.96. The Hall–Kier alpha value is -0.890. The van der Waals surface area contributed by atoms with E-state index in [-0.39, 0.29) is 35.7 Å². The first-order chi connectivity index (χ1) is 12.0. The van der Waals surface area contributed by atoms with Crippen LogP contribution in [0.5, 0.6) is 0 Å². The Morgan fingerprint density at radius 1 is 0.962 bits per heavy atom. The lowest BCUT2D eigenvalue weighted by Gasteiger charge is -2.29. The topological polar surface area (TPSA) is 74.7 Å². The average Bonchev–Trinajstić information content (AvgIpc) is 2.54. The molecule has 0 aromatic heterocycles. The summed E-state index contributed by atoms with van der Waals surface area (Å²) in [4.78, 5) is 11.2. The van der Waals surface area contributed by atoms with Crippen molar-refractivity contribution in [2.45, 2.75) is 17.9 Å². The van der Waals surface area contributed by atoms with Gasteiger partial charge in [0, 0.05) is 5.02 Å². The molecule has 0 aliphatic carbocycles. The van der Waals surface area contributed by atoms with Gasteiger partial charge in [0.1, 0.15) is 10.9 Å². The van der Waals surface area contributed by atoms with Gasteiger partial charge in [0.15, 0.2) is 0 Å². The molecular weight excluding hydrogens is 468 g/mol. The summed E-state index contributed by atoms with van der Waals surface area (Å²) in [5.41, 5.74) is -0.160. The van der Waals surface area contributed by atoms with Crippen molar-refractivity contribution < 1.29 is 18.3 Å². The molecule has 0 fully saturated rings. The summed E-state index contributed by atoms with van der Waals surface area (Å²) >= 11 is 29.8. The van der Waals surface area contributed by atoms with Gasteiger partial charge in [-0.3, -0.25) is 4.31 Å². The number of carboxylic acids is 1. The van der Waals surface area contributed by atoms with E-state index < -0.39 is 22.0 Å². The number of halogens is 5. The van der Waals surface area contributed by atoms with Crippen LogP contribution in [0.4, 0.5) is 5.69 Å². The van der Waals surface area contributed by atoms with E-state index in [0.717, 1.165) is 6.07 Å². The third-order valence-corrected chi connectivity index (χ3v) is 6.99. The third kappa shape index (κ3) is 4.16.